The van der Waals surface area contributed by atoms with Crippen LogP contribution in [-0.2, 0) is 23.0 Å². The van der Waals surface area contributed by atoms with Crippen molar-refractivity contribution in [2.24, 2.45) is 0 Å². The van der Waals surface area contributed by atoms with Gasteiger partial charge >= 0.3 is 0 Å². The first-order valence-electron chi connectivity index (χ1n) is 13.0. The molecule has 3 aromatic rings. The predicted molar refractivity (Wildman–Crippen MR) is 152 cm³/mol. The highest BCUT2D eigenvalue weighted by Crippen LogP contribution is 2.39. The van der Waals surface area contributed by atoms with Gasteiger partial charge in [-0.15, -0.1) is 0 Å². The Morgan fingerprint density at radius 3 is 2.58 bits per heavy atom. The highest BCUT2D eigenvalue weighted by atomic mass is 35.5. The lowest BCUT2D eigenvalue weighted by atomic mass is 10.1. The van der Waals surface area contributed by atoms with Crippen molar-refractivity contribution in [3.8, 4) is 17.6 Å². The number of fused-ring (bicyclic) bond motifs is 1. The molecule has 40 heavy (non-hydrogen) atoms. The topological polar surface area (TPSA) is 112 Å². The summed E-state index contributed by atoms with van der Waals surface area (Å²) in [6, 6.07) is 10.8. The molecule has 1 aromatic heterocycles. The molecule has 1 unspecified atom stereocenters. The fraction of sp³-hybridized carbons (Fsp3) is 0.407. The third-order valence-electron chi connectivity index (χ3n) is 7.34. The molecule has 0 spiro atoms. The minimum atomic E-state index is -4.03. The second-order valence-corrected chi connectivity index (χ2v) is 13.0. The van der Waals surface area contributed by atoms with Crippen molar-refractivity contribution >= 4 is 44.8 Å². The molecule has 0 amide bonds. The van der Waals surface area contributed by atoms with Gasteiger partial charge in [0.25, 0.3) is 0 Å². The Bertz CT molecular complexity index is 1560. The molecule has 1 saturated heterocycles. The Balaban J connectivity index is 1.34. The first kappa shape index (κ1) is 29.1. The third kappa shape index (κ3) is 5.57. The van der Waals surface area contributed by atoms with Crippen molar-refractivity contribution in [1.29, 1.82) is 5.26 Å². The number of piperidine rings is 1. The largest absolute Gasteiger partial charge is 0.454 e. The molecule has 1 N–H and O–H groups in total. The number of nitriles is 1. The lowest BCUT2D eigenvalue weighted by Crippen LogP contribution is -2.46. The van der Waals surface area contributed by atoms with E-state index in [1.165, 1.54) is 28.6 Å². The van der Waals surface area contributed by atoms with Crippen LogP contribution in [-0.4, -0.2) is 51.4 Å². The fourth-order valence-corrected chi connectivity index (χ4v) is 7.40. The van der Waals surface area contributed by atoms with E-state index in [1.807, 2.05) is 11.0 Å². The molecule has 0 radical (unpaired) electrons. The van der Waals surface area contributed by atoms with Gasteiger partial charge in [0.1, 0.15) is 22.2 Å². The van der Waals surface area contributed by atoms with Gasteiger partial charge in [-0.2, -0.15) is 9.57 Å². The summed E-state index contributed by atoms with van der Waals surface area (Å²) in [6.07, 6.45) is 2.78. The van der Waals surface area contributed by atoms with Crippen LogP contribution in [0.25, 0.3) is 0 Å². The Morgan fingerprint density at radius 1 is 1.12 bits per heavy atom. The zero-order valence-electron chi connectivity index (χ0n) is 21.7. The average molecular weight is 625 g/mol. The van der Waals surface area contributed by atoms with Crippen LogP contribution < -0.4 is 4.74 Å². The number of imidazole rings is 1. The molecule has 212 valence electrons. The van der Waals surface area contributed by atoms with Gasteiger partial charge in [-0.25, -0.2) is 13.4 Å². The van der Waals surface area contributed by atoms with E-state index in [0.29, 0.717) is 29.6 Å². The van der Waals surface area contributed by atoms with Crippen LogP contribution in [0.15, 0.2) is 41.3 Å². The number of aryl methyl sites for hydroxylation is 1. The molecule has 0 bridgehead atoms. The van der Waals surface area contributed by atoms with Crippen LogP contribution in [0.2, 0.25) is 15.2 Å². The number of hydrogen-bond donors (Lipinski definition) is 1. The Labute approximate surface area is 248 Å². The number of aliphatic hydroxyl groups excluding tert-OH is 1. The number of hydrogen-bond acceptors (Lipinski definition) is 7. The van der Waals surface area contributed by atoms with Crippen molar-refractivity contribution in [1.82, 2.24) is 18.8 Å². The van der Waals surface area contributed by atoms with E-state index in [9.17, 15) is 18.8 Å². The summed E-state index contributed by atoms with van der Waals surface area (Å²) in [6.45, 7) is 3.00. The van der Waals surface area contributed by atoms with Crippen molar-refractivity contribution in [2.75, 3.05) is 13.1 Å². The van der Waals surface area contributed by atoms with Crippen LogP contribution in [0.1, 0.15) is 56.0 Å². The summed E-state index contributed by atoms with van der Waals surface area (Å²) in [4.78, 5) is 6.27. The number of nitrogens with zero attached hydrogens (tertiary/aromatic N) is 5. The summed E-state index contributed by atoms with van der Waals surface area (Å²) in [7, 11) is -4.03. The van der Waals surface area contributed by atoms with Crippen LogP contribution in [0, 0.1) is 11.3 Å². The number of rotatable bonds is 8. The second kappa shape index (κ2) is 11.9. The lowest BCUT2D eigenvalue weighted by molar-refractivity contribution is -0.0692. The highest BCUT2D eigenvalue weighted by Gasteiger charge is 2.40. The molecule has 0 aliphatic carbocycles. The molecule has 2 aliphatic heterocycles. The van der Waals surface area contributed by atoms with E-state index in [1.54, 1.807) is 16.7 Å². The minimum Gasteiger partial charge on any atom is -0.454 e. The standard InChI is InChI=1S/C27H28Cl3N5O4S/c1-2-3-4-25-32-26(30)21-16-34(27(36)35(21)25)19-9-11-33(12-10-19)40(37,38)24-13-17(15-31)5-8-22(24)39-23-14-18(28)6-7-20(23)29/h5-8,13-14,19,27,36H,2-4,9-12,16H2,1H3. The molecule has 5 rings (SSSR count). The number of benzene rings is 2. The summed E-state index contributed by atoms with van der Waals surface area (Å²) < 4.78 is 36.7. The van der Waals surface area contributed by atoms with Gasteiger partial charge < -0.3 is 9.84 Å². The highest BCUT2D eigenvalue weighted by molar-refractivity contribution is 7.89. The first-order chi connectivity index (χ1) is 19.1. The molecule has 1 fully saturated rings. The molecule has 2 aromatic carbocycles. The Kier molecular flexibility index (Phi) is 8.64. The third-order valence-corrected chi connectivity index (χ3v) is 10.1. The maximum absolute atomic E-state index is 13.8. The quantitative estimate of drug-likeness (QED) is 0.329. The number of aliphatic hydroxyl groups is 1. The van der Waals surface area contributed by atoms with E-state index in [0.717, 1.165) is 30.8 Å². The van der Waals surface area contributed by atoms with Crippen molar-refractivity contribution in [3.05, 3.63) is 68.7 Å². The molecule has 1 atom stereocenters. The molecule has 3 heterocycles. The maximum Gasteiger partial charge on any atom is 0.246 e. The van der Waals surface area contributed by atoms with Gasteiger partial charge in [0.15, 0.2) is 11.5 Å². The Morgan fingerprint density at radius 2 is 1.88 bits per heavy atom. The molecule has 13 heteroatoms. The second-order valence-electron chi connectivity index (χ2n) is 9.84. The molecule has 0 saturated carbocycles. The lowest BCUT2D eigenvalue weighted by Gasteiger charge is -2.37. The van der Waals surface area contributed by atoms with Crippen LogP contribution in [0.5, 0.6) is 11.5 Å². The van der Waals surface area contributed by atoms with Gasteiger partial charge in [-0.3, -0.25) is 9.47 Å². The smallest absolute Gasteiger partial charge is 0.246 e. The van der Waals surface area contributed by atoms with Crippen molar-refractivity contribution in [3.63, 3.8) is 0 Å². The van der Waals surface area contributed by atoms with Crippen molar-refractivity contribution < 1.29 is 18.3 Å². The fourth-order valence-electron chi connectivity index (χ4n) is 5.22. The van der Waals surface area contributed by atoms with E-state index in [4.69, 9.17) is 39.5 Å². The summed E-state index contributed by atoms with van der Waals surface area (Å²) in [5, 5.41) is 21.6. The molecular weight excluding hydrogens is 597 g/mol. The molecule has 2 aliphatic rings. The van der Waals surface area contributed by atoms with E-state index >= 15 is 0 Å². The predicted octanol–water partition coefficient (Wildman–Crippen LogP) is 5.97. The normalized spacial score (nSPS) is 18.6. The van der Waals surface area contributed by atoms with E-state index < -0.39 is 16.4 Å². The minimum absolute atomic E-state index is 0.0429. The monoisotopic (exact) mass is 623 g/mol. The zero-order chi connectivity index (χ0) is 28.6. The summed E-state index contributed by atoms with van der Waals surface area (Å²) in [5.41, 5.74) is 0.967. The number of sulfonamides is 1. The number of ether oxygens (including phenoxy) is 1. The molecular formula is C27H28Cl3N5O4S. The van der Waals surface area contributed by atoms with E-state index in [-0.39, 0.29) is 46.1 Å². The Hall–Kier alpha value is -2.36. The van der Waals surface area contributed by atoms with Crippen molar-refractivity contribution in [2.45, 2.75) is 62.9 Å². The first-order valence-corrected chi connectivity index (χ1v) is 15.6. The van der Waals surface area contributed by atoms with Gasteiger partial charge in [0.05, 0.1) is 22.3 Å². The number of halogens is 3. The summed E-state index contributed by atoms with van der Waals surface area (Å²) in [5.74, 6) is 1.01. The average Bonchev–Trinajstić information content (AvgIpc) is 3.46. The van der Waals surface area contributed by atoms with Gasteiger partial charge in [-0.1, -0.05) is 48.1 Å². The van der Waals surface area contributed by atoms with Gasteiger partial charge in [-0.05, 0) is 49.6 Å². The SMILES string of the molecule is CCCCc1nc(Cl)c2n1C(O)N(C1CCN(S(=O)(=O)c3cc(C#N)ccc3Oc3cc(Cl)ccc3Cl)CC1)C2. The number of aromatic nitrogens is 2. The number of unbranched alkanes of at least 4 members (excludes halogenated alkanes) is 1. The van der Waals surface area contributed by atoms with Crippen LogP contribution in [0.4, 0.5) is 0 Å². The zero-order valence-corrected chi connectivity index (χ0v) is 24.8. The van der Waals surface area contributed by atoms with E-state index in [2.05, 4.69) is 11.9 Å². The van der Waals surface area contributed by atoms with Crippen LogP contribution in [0.3, 0.4) is 0 Å². The molecule has 9 nitrogen and oxygen atoms in total. The van der Waals surface area contributed by atoms with Crippen LogP contribution >= 0.6 is 34.8 Å². The summed E-state index contributed by atoms with van der Waals surface area (Å²) >= 11 is 18.7. The van der Waals surface area contributed by atoms with Gasteiger partial charge in [0.2, 0.25) is 10.0 Å². The van der Waals surface area contributed by atoms with Gasteiger partial charge in [0, 0.05) is 43.2 Å². The maximum atomic E-state index is 13.8.